The summed E-state index contributed by atoms with van der Waals surface area (Å²) in [6, 6.07) is 8.17. The Kier molecular flexibility index (Phi) is 3.34. The van der Waals surface area contributed by atoms with E-state index in [-0.39, 0.29) is 15.6 Å². The van der Waals surface area contributed by atoms with Gasteiger partial charge in [-0.05, 0) is 13.0 Å². The molecule has 0 saturated carbocycles. The zero-order valence-corrected chi connectivity index (χ0v) is 11.1. The lowest BCUT2D eigenvalue weighted by Gasteiger charge is -1.98. The van der Waals surface area contributed by atoms with Gasteiger partial charge in [0.15, 0.2) is 5.78 Å². The molecule has 0 aliphatic heterocycles. The molecule has 0 aliphatic carbocycles. The van der Waals surface area contributed by atoms with Crippen molar-refractivity contribution in [3.63, 3.8) is 0 Å². The maximum atomic E-state index is 12.0. The average Bonchev–Trinajstić information content (AvgIpc) is 2.78. The number of thiophene rings is 1. The minimum Gasteiger partial charge on any atom is -0.289 e. The van der Waals surface area contributed by atoms with Crippen LogP contribution in [0.5, 0.6) is 0 Å². The number of benzene rings is 1. The maximum Gasteiger partial charge on any atom is 0.304 e. The zero-order valence-electron chi connectivity index (χ0n) is 9.45. The summed E-state index contributed by atoms with van der Waals surface area (Å²) >= 11 is 0.824. The van der Waals surface area contributed by atoms with Crippen molar-refractivity contribution < 1.29 is 17.8 Å². The van der Waals surface area contributed by atoms with Gasteiger partial charge in [0.2, 0.25) is 0 Å². The van der Waals surface area contributed by atoms with Gasteiger partial charge in [-0.1, -0.05) is 29.8 Å². The van der Waals surface area contributed by atoms with E-state index < -0.39 is 10.1 Å². The number of ketones is 1. The van der Waals surface area contributed by atoms with Gasteiger partial charge in [0.1, 0.15) is 4.21 Å². The lowest BCUT2D eigenvalue weighted by molar-refractivity contribution is 0.103. The second kappa shape index (κ2) is 4.64. The van der Waals surface area contributed by atoms with E-state index in [1.54, 1.807) is 12.1 Å². The van der Waals surface area contributed by atoms with Crippen LogP contribution in [0.25, 0.3) is 0 Å². The first kappa shape index (κ1) is 12.9. The lowest BCUT2D eigenvalue weighted by Crippen LogP contribution is -2.00. The van der Waals surface area contributed by atoms with Crippen molar-refractivity contribution in [1.29, 1.82) is 0 Å². The predicted octanol–water partition coefficient (Wildman–Crippen LogP) is 2.53. The van der Waals surface area contributed by atoms with Crippen molar-refractivity contribution in [3.8, 4) is 0 Å². The van der Waals surface area contributed by atoms with E-state index in [2.05, 4.69) is 0 Å². The SMILES string of the molecule is Cc1ccc(C(=O)c2csc(S(=O)(=O)O)c2)cc1. The van der Waals surface area contributed by atoms with E-state index in [4.69, 9.17) is 4.55 Å². The molecule has 94 valence electrons. The van der Waals surface area contributed by atoms with Crippen LogP contribution in [0.3, 0.4) is 0 Å². The molecule has 0 amide bonds. The molecule has 2 aromatic rings. The van der Waals surface area contributed by atoms with Crippen molar-refractivity contribution >= 4 is 27.2 Å². The third-order valence-electron chi connectivity index (χ3n) is 2.41. The maximum absolute atomic E-state index is 12.0. The number of carbonyl (C=O) groups is 1. The highest BCUT2D eigenvalue weighted by atomic mass is 32.3. The molecule has 4 nitrogen and oxygen atoms in total. The van der Waals surface area contributed by atoms with Crippen LogP contribution in [0.15, 0.2) is 39.9 Å². The number of hydrogen-bond donors (Lipinski definition) is 1. The van der Waals surface area contributed by atoms with E-state index in [9.17, 15) is 13.2 Å². The Hall–Kier alpha value is -1.50. The standard InChI is InChI=1S/C12H10O4S2/c1-8-2-4-9(5-3-8)12(13)10-6-11(17-7-10)18(14,15)16/h2-7H,1H3,(H,14,15,16). The largest absolute Gasteiger partial charge is 0.304 e. The Labute approximate surface area is 109 Å². The number of aryl methyl sites for hydroxylation is 1. The van der Waals surface area contributed by atoms with Crippen LogP contribution in [0.2, 0.25) is 0 Å². The Morgan fingerprint density at radius 3 is 2.28 bits per heavy atom. The van der Waals surface area contributed by atoms with Crippen LogP contribution >= 0.6 is 11.3 Å². The summed E-state index contributed by atoms with van der Waals surface area (Å²) < 4.78 is 30.4. The zero-order chi connectivity index (χ0) is 13.3. The molecule has 1 aromatic carbocycles. The molecule has 0 atom stereocenters. The molecule has 0 unspecified atom stereocenters. The van der Waals surface area contributed by atoms with Crippen molar-refractivity contribution in [2.45, 2.75) is 11.1 Å². The first-order valence-corrected chi connectivity index (χ1v) is 7.37. The summed E-state index contributed by atoms with van der Waals surface area (Å²) in [4.78, 5) is 12.0. The first-order chi connectivity index (χ1) is 8.38. The summed E-state index contributed by atoms with van der Waals surface area (Å²) in [6.45, 7) is 1.91. The topological polar surface area (TPSA) is 71.4 Å². The Bertz CT molecular complexity index is 681. The second-order valence-corrected chi connectivity index (χ2v) is 6.38. The number of hydrogen-bond acceptors (Lipinski definition) is 4. The van der Waals surface area contributed by atoms with Crippen LogP contribution in [0, 0.1) is 6.92 Å². The van der Waals surface area contributed by atoms with Crippen molar-refractivity contribution in [1.82, 2.24) is 0 Å². The van der Waals surface area contributed by atoms with Crippen LogP contribution in [0.4, 0.5) is 0 Å². The summed E-state index contributed by atoms with van der Waals surface area (Å²) in [7, 11) is -4.24. The van der Waals surface area contributed by atoms with Crippen LogP contribution in [-0.4, -0.2) is 18.8 Å². The molecular formula is C12H10O4S2. The highest BCUT2D eigenvalue weighted by Crippen LogP contribution is 2.22. The van der Waals surface area contributed by atoms with Gasteiger partial charge in [-0.25, -0.2) is 0 Å². The van der Waals surface area contributed by atoms with E-state index in [1.165, 1.54) is 11.4 Å². The Morgan fingerprint density at radius 1 is 1.17 bits per heavy atom. The van der Waals surface area contributed by atoms with Gasteiger partial charge in [0, 0.05) is 16.5 Å². The number of carbonyl (C=O) groups excluding carboxylic acids is 1. The molecule has 1 heterocycles. The molecule has 6 heteroatoms. The molecule has 1 N–H and O–H groups in total. The van der Waals surface area contributed by atoms with Crippen molar-refractivity contribution in [2.24, 2.45) is 0 Å². The molecule has 0 bridgehead atoms. The molecule has 0 fully saturated rings. The van der Waals surface area contributed by atoms with Gasteiger partial charge in [-0.15, -0.1) is 11.3 Å². The fourth-order valence-electron chi connectivity index (χ4n) is 1.44. The summed E-state index contributed by atoms with van der Waals surface area (Å²) in [5, 5.41) is 1.42. The molecule has 0 saturated heterocycles. The molecule has 0 radical (unpaired) electrons. The molecule has 0 aliphatic rings. The van der Waals surface area contributed by atoms with Crippen molar-refractivity contribution in [3.05, 3.63) is 52.4 Å². The number of rotatable bonds is 3. The molecule has 18 heavy (non-hydrogen) atoms. The third-order valence-corrected chi connectivity index (χ3v) is 4.67. The van der Waals surface area contributed by atoms with Gasteiger partial charge in [-0.3, -0.25) is 9.35 Å². The minimum atomic E-state index is -4.24. The van der Waals surface area contributed by atoms with Crippen LogP contribution in [-0.2, 0) is 10.1 Å². The predicted molar refractivity (Wildman–Crippen MR) is 68.7 cm³/mol. The fraction of sp³-hybridized carbons (Fsp3) is 0.0833. The van der Waals surface area contributed by atoms with E-state index in [1.807, 2.05) is 19.1 Å². The summed E-state index contributed by atoms with van der Waals surface area (Å²) in [5.74, 6) is -0.263. The van der Waals surface area contributed by atoms with Crippen LogP contribution < -0.4 is 0 Å². The quantitative estimate of drug-likeness (QED) is 0.693. The Morgan fingerprint density at radius 2 is 1.78 bits per heavy atom. The monoisotopic (exact) mass is 282 g/mol. The summed E-state index contributed by atoms with van der Waals surface area (Å²) in [5.41, 5.74) is 1.78. The van der Waals surface area contributed by atoms with Crippen LogP contribution in [0.1, 0.15) is 21.5 Å². The minimum absolute atomic E-state index is 0.224. The van der Waals surface area contributed by atoms with Gasteiger partial charge >= 0.3 is 10.1 Å². The van der Waals surface area contributed by atoms with Crippen molar-refractivity contribution in [2.75, 3.05) is 0 Å². The third kappa shape index (κ3) is 2.66. The van der Waals surface area contributed by atoms with Gasteiger partial charge < -0.3 is 0 Å². The molecule has 1 aromatic heterocycles. The van der Waals surface area contributed by atoms with E-state index in [0.29, 0.717) is 5.56 Å². The van der Waals surface area contributed by atoms with Gasteiger partial charge in [0.25, 0.3) is 0 Å². The van der Waals surface area contributed by atoms with E-state index in [0.717, 1.165) is 16.9 Å². The summed E-state index contributed by atoms with van der Waals surface area (Å²) in [6.07, 6.45) is 0. The van der Waals surface area contributed by atoms with Gasteiger partial charge in [0.05, 0.1) is 0 Å². The normalized spacial score (nSPS) is 11.4. The molecule has 0 spiro atoms. The average molecular weight is 282 g/mol. The molecule has 2 rings (SSSR count). The fourth-order valence-corrected chi connectivity index (χ4v) is 2.96. The first-order valence-electron chi connectivity index (χ1n) is 5.05. The highest BCUT2D eigenvalue weighted by molar-refractivity contribution is 7.88. The van der Waals surface area contributed by atoms with Gasteiger partial charge in [-0.2, -0.15) is 8.42 Å². The van der Waals surface area contributed by atoms with E-state index >= 15 is 0 Å². The second-order valence-electron chi connectivity index (χ2n) is 3.82. The Balaban J connectivity index is 2.35. The highest BCUT2D eigenvalue weighted by Gasteiger charge is 2.17. The molecular weight excluding hydrogens is 272 g/mol. The smallest absolute Gasteiger partial charge is 0.289 e. The lowest BCUT2D eigenvalue weighted by atomic mass is 10.1.